The van der Waals surface area contributed by atoms with Gasteiger partial charge in [0.15, 0.2) is 0 Å². The highest BCUT2D eigenvalue weighted by Gasteiger charge is 2.13. The first-order valence-electron chi connectivity index (χ1n) is 6.36. The minimum absolute atomic E-state index is 0.0847. The fourth-order valence-corrected chi connectivity index (χ4v) is 3.04. The van der Waals surface area contributed by atoms with E-state index in [0.717, 1.165) is 22.0 Å². The van der Waals surface area contributed by atoms with Gasteiger partial charge in [-0.1, -0.05) is 39.7 Å². The maximum Gasteiger partial charge on any atom is 0.269 e. The van der Waals surface area contributed by atoms with E-state index in [1.807, 2.05) is 25.2 Å². The lowest BCUT2D eigenvalue weighted by Crippen LogP contribution is -2.18. The molecule has 0 radical (unpaired) electrons. The summed E-state index contributed by atoms with van der Waals surface area (Å²) in [7, 11) is 1.88. The van der Waals surface area contributed by atoms with Crippen LogP contribution in [0.2, 0.25) is 5.02 Å². The van der Waals surface area contributed by atoms with Crippen molar-refractivity contribution in [3.63, 3.8) is 0 Å². The van der Waals surface area contributed by atoms with Crippen LogP contribution < -0.4 is 5.32 Å². The van der Waals surface area contributed by atoms with Crippen LogP contribution >= 0.6 is 27.5 Å². The molecule has 0 fully saturated rings. The normalized spacial score (nSPS) is 12.1. The summed E-state index contributed by atoms with van der Waals surface area (Å²) >= 11 is 9.51. The standard InChI is InChI=1S/C15H14BrClN2O2/c1-18-15(11-7-12(16)9-13(17)8-11)6-10-2-4-14(5-3-10)19(20)21/h2-5,7-9,15,18H,6H2,1H3. The van der Waals surface area contributed by atoms with Crippen molar-refractivity contribution in [2.75, 3.05) is 7.05 Å². The highest BCUT2D eigenvalue weighted by molar-refractivity contribution is 9.10. The van der Waals surface area contributed by atoms with E-state index in [4.69, 9.17) is 11.6 Å². The highest BCUT2D eigenvalue weighted by Crippen LogP contribution is 2.26. The molecule has 110 valence electrons. The summed E-state index contributed by atoms with van der Waals surface area (Å²) in [5.41, 5.74) is 2.19. The molecule has 4 nitrogen and oxygen atoms in total. The zero-order chi connectivity index (χ0) is 15.4. The van der Waals surface area contributed by atoms with Gasteiger partial charge in [0.25, 0.3) is 5.69 Å². The smallest absolute Gasteiger partial charge is 0.269 e. The molecule has 0 aliphatic heterocycles. The van der Waals surface area contributed by atoms with Crippen LogP contribution in [-0.4, -0.2) is 12.0 Å². The van der Waals surface area contributed by atoms with Crippen LogP contribution in [0.15, 0.2) is 46.9 Å². The fourth-order valence-electron chi connectivity index (χ4n) is 2.15. The maximum absolute atomic E-state index is 10.7. The SMILES string of the molecule is CNC(Cc1ccc([N+](=O)[O-])cc1)c1cc(Cl)cc(Br)c1. The summed E-state index contributed by atoms with van der Waals surface area (Å²) in [5.74, 6) is 0. The quantitative estimate of drug-likeness (QED) is 0.623. The van der Waals surface area contributed by atoms with Gasteiger partial charge < -0.3 is 5.32 Å². The summed E-state index contributed by atoms with van der Waals surface area (Å²) in [6.45, 7) is 0. The van der Waals surface area contributed by atoms with Gasteiger partial charge in [0.05, 0.1) is 4.92 Å². The van der Waals surface area contributed by atoms with Crippen molar-refractivity contribution >= 4 is 33.2 Å². The van der Waals surface area contributed by atoms with Gasteiger partial charge in [-0.3, -0.25) is 10.1 Å². The second-order valence-electron chi connectivity index (χ2n) is 4.67. The van der Waals surface area contributed by atoms with Crippen molar-refractivity contribution in [3.05, 3.63) is 73.2 Å². The second-order valence-corrected chi connectivity index (χ2v) is 6.02. The Kier molecular flexibility index (Phi) is 5.33. The molecule has 0 saturated heterocycles. The minimum atomic E-state index is -0.395. The molecule has 0 heterocycles. The Bertz CT molecular complexity index is 626. The van der Waals surface area contributed by atoms with Crippen LogP contribution in [0.4, 0.5) is 5.69 Å². The number of hydrogen-bond donors (Lipinski definition) is 1. The molecule has 2 rings (SSSR count). The highest BCUT2D eigenvalue weighted by atomic mass is 79.9. The van der Waals surface area contributed by atoms with Crippen molar-refractivity contribution in [2.45, 2.75) is 12.5 Å². The van der Waals surface area contributed by atoms with Gasteiger partial charge in [0.1, 0.15) is 0 Å². The number of likely N-dealkylation sites (N-methyl/N-ethyl adjacent to an activating group) is 1. The summed E-state index contributed by atoms with van der Waals surface area (Å²) in [5, 5.41) is 14.6. The van der Waals surface area contributed by atoms with Crippen LogP contribution in [0, 0.1) is 10.1 Å². The third-order valence-electron chi connectivity index (χ3n) is 3.22. The molecular weight excluding hydrogens is 356 g/mol. The van der Waals surface area contributed by atoms with Gasteiger partial charge in [0, 0.05) is 27.7 Å². The third kappa shape index (κ3) is 4.27. The lowest BCUT2D eigenvalue weighted by atomic mass is 9.99. The van der Waals surface area contributed by atoms with Crippen LogP contribution in [-0.2, 0) is 6.42 Å². The third-order valence-corrected chi connectivity index (χ3v) is 3.90. The molecule has 1 unspecified atom stereocenters. The Morgan fingerprint density at radius 1 is 1.29 bits per heavy atom. The van der Waals surface area contributed by atoms with Crippen molar-refractivity contribution in [2.24, 2.45) is 0 Å². The van der Waals surface area contributed by atoms with E-state index in [9.17, 15) is 10.1 Å². The number of nitrogens with zero attached hydrogens (tertiary/aromatic N) is 1. The molecule has 1 atom stereocenters. The Labute approximate surface area is 136 Å². The first-order chi connectivity index (χ1) is 9.99. The molecule has 0 aliphatic rings. The average Bonchev–Trinajstić information content (AvgIpc) is 2.44. The molecule has 0 aromatic heterocycles. The zero-order valence-electron chi connectivity index (χ0n) is 11.3. The second kappa shape index (κ2) is 7.02. The number of non-ortho nitro benzene ring substituents is 1. The molecule has 1 N–H and O–H groups in total. The number of nitro groups is 1. The van der Waals surface area contributed by atoms with Crippen LogP contribution in [0.25, 0.3) is 0 Å². The summed E-state index contributed by atoms with van der Waals surface area (Å²) in [6.07, 6.45) is 0.723. The Morgan fingerprint density at radius 2 is 1.95 bits per heavy atom. The molecule has 0 saturated carbocycles. The molecule has 0 aliphatic carbocycles. The molecule has 2 aromatic carbocycles. The van der Waals surface area contributed by atoms with E-state index in [1.165, 1.54) is 12.1 Å². The predicted octanol–water partition coefficient (Wildman–Crippen LogP) is 4.51. The van der Waals surface area contributed by atoms with E-state index in [2.05, 4.69) is 21.2 Å². The maximum atomic E-state index is 10.7. The van der Waals surface area contributed by atoms with E-state index in [1.54, 1.807) is 12.1 Å². The first kappa shape index (κ1) is 15.9. The Hall–Kier alpha value is -1.43. The number of nitro benzene ring substituents is 1. The number of nitrogens with one attached hydrogen (secondary N) is 1. The summed E-state index contributed by atoms with van der Waals surface area (Å²) < 4.78 is 0.925. The van der Waals surface area contributed by atoms with Gasteiger partial charge in [-0.05, 0) is 42.8 Å². The van der Waals surface area contributed by atoms with Crippen molar-refractivity contribution in [1.82, 2.24) is 5.32 Å². The van der Waals surface area contributed by atoms with Gasteiger partial charge in [0.2, 0.25) is 0 Å². The number of benzene rings is 2. The molecule has 21 heavy (non-hydrogen) atoms. The molecular formula is C15H14BrClN2O2. The number of hydrogen-bond acceptors (Lipinski definition) is 3. The minimum Gasteiger partial charge on any atom is -0.313 e. The van der Waals surface area contributed by atoms with Crippen molar-refractivity contribution in [1.29, 1.82) is 0 Å². The van der Waals surface area contributed by atoms with Crippen LogP contribution in [0.3, 0.4) is 0 Å². The lowest BCUT2D eigenvalue weighted by molar-refractivity contribution is -0.384. The average molecular weight is 370 g/mol. The monoisotopic (exact) mass is 368 g/mol. The van der Waals surface area contributed by atoms with E-state index < -0.39 is 4.92 Å². The van der Waals surface area contributed by atoms with E-state index in [0.29, 0.717) is 5.02 Å². The topological polar surface area (TPSA) is 55.2 Å². The molecule has 0 bridgehead atoms. The largest absolute Gasteiger partial charge is 0.313 e. The lowest BCUT2D eigenvalue weighted by Gasteiger charge is -2.17. The number of rotatable bonds is 5. The Balaban J connectivity index is 2.20. The van der Waals surface area contributed by atoms with Gasteiger partial charge in [-0.2, -0.15) is 0 Å². The molecule has 6 heteroatoms. The number of halogens is 2. The van der Waals surface area contributed by atoms with Gasteiger partial charge >= 0.3 is 0 Å². The molecule has 0 spiro atoms. The fraction of sp³-hybridized carbons (Fsp3) is 0.200. The molecule has 0 amide bonds. The van der Waals surface area contributed by atoms with Gasteiger partial charge in [-0.25, -0.2) is 0 Å². The van der Waals surface area contributed by atoms with Crippen molar-refractivity contribution in [3.8, 4) is 0 Å². The van der Waals surface area contributed by atoms with Crippen molar-refractivity contribution < 1.29 is 4.92 Å². The van der Waals surface area contributed by atoms with Crippen LogP contribution in [0.5, 0.6) is 0 Å². The summed E-state index contributed by atoms with van der Waals surface area (Å²) in [6, 6.07) is 12.5. The van der Waals surface area contributed by atoms with Crippen LogP contribution in [0.1, 0.15) is 17.2 Å². The molecule has 2 aromatic rings. The zero-order valence-corrected chi connectivity index (χ0v) is 13.7. The predicted molar refractivity (Wildman–Crippen MR) is 87.8 cm³/mol. The first-order valence-corrected chi connectivity index (χ1v) is 7.53. The summed E-state index contributed by atoms with van der Waals surface area (Å²) in [4.78, 5) is 10.3. The Morgan fingerprint density at radius 3 is 2.48 bits per heavy atom. The van der Waals surface area contributed by atoms with E-state index >= 15 is 0 Å². The van der Waals surface area contributed by atoms with E-state index in [-0.39, 0.29) is 11.7 Å². The van der Waals surface area contributed by atoms with Gasteiger partial charge in [-0.15, -0.1) is 0 Å².